The fourth-order valence-electron chi connectivity index (χ4n) is 4.95. The monoisotopic (exact) mass is 657 g/mol. The van der Waals surface area contributed by atoms with Crippen LogP contribution < -0.4 is 32.2 Å². The van der Waals surface area contributed by atoms with Crippen molar-refractivity contribution in [3.63, 3.8) is 0 Å². The second-order valence-electron chi connectivity index (χ2n) is 10.4. The van der Waals surface area contributed by atoms with Gasteiger partial charge in [0.1, 0.15) is 29.4 Å². The number of aryl methyl sites for hydroxylation is 2. The van der Waals surface area contributed by atoms with Gasteiger partial charge in [-0.15, -0.1) is 23.1 Å². The number of β-lactam (4-membered cyclic amide) rings is 1. The van der Waals surface area contributed by atoms with Crippen molar-refractivity contribution >= 4 is 75.1 Å². The fraction of sp³-hybridized carbons (Fsp3) is 0.370. The lowest BCUT2D eigenvalue weighted by molar-refractivity contribution is -0.626. The molecule has 5 rings (SSSR count). The third-order valence-electron chi connectivity index (χ3n) is 7.17. The Bertz CT molecular complexity index is 1670. The summed E-state index contributed by atoms with van der Waals surface area (Å²) in [5.74, 6) is -1.67. The molecular weight excluding hydrogens is 627 g/mol. The van der Waals surface area contributed by atoms with Gasteiger partial charge >= 0.3 is 5.16 Å². The molecule has 0 spiro atoms. The van der Waals surface area contributed by atoms with Crippen LogP contribution in [0.5, 0.6) is 0 Å². The van der Waals surface area contributed by atoms with E-state index < -0.39 is 34.6 Å². The number of nitrogens with zero attached hydrogens (tertiary/aromatic N) is 5. The summed E-state index contributed by atoms with van der Waals surface area (Å²) in [7, 11) is 0. The van der Waals surface area contributed by atoms with Crippen LogP contribution in [0.3, 0.4) is 0 Å². The van der Waals surface area contributed by atoms with Crippen LogP contribution in [0.4, 0.5) is 16.8 Å². The molecule has 2 aromatic heterocycles. The van der Waals surface area contributed by atoms with Crippen LogP contribution in [-0.2, 0) is 19.2 Å². The summed E-state index contributed by atoms with van der Waals surface area (Å²) in [5.41, 5.74) is 19.6. The highest BCUT2D eigenvalue weighted by Gasteiger charge is 2.56. The van der Waals surface area contributed by atoms with E-state index in [-0.39, 0.29) is 47.0 Å². The summed E-state index contributed by atoms with van der Waals surface area (Å²) in [4.78, 5) is 54.0. The average Bonchev–Trinajstić information content (AvgIpc) is 3.40. The molecule has 7 N–H and O–H groups in total. The van der Waals surface area contributed by atoms with Gasteiger partial charge in [0.05, 0.1) is 12.0 Å². The molecule has 2 aliphatic heterocycles. The number of aromatic nitrogens is 3. The highest BCUT2D eigenvalue weighted by molar-refractivity contribution is 8.00. The number of hydrogen-bond donors (Lipinski definition) is 4. The van der Waals surface area contributed by atoms with Crippen LogP contribution in [-0.4, -0.2) is 74.4 Å². The molecule has 2 aliphatic rings. The molecule has 2 fully saturated rings. The van der Waals surface area contributed by atoms with Gasteiger partial charge in [0.15, 0.2) is 10.8 Å². The molecule has 0 saturated carbocycles. The topological polar surface area (TPSA) is 219 Å². The number of nitrogen functional groups attached to an aromatic ring is 3. The van der Waals surface area contributed by atoms with Crippen molar-refractivity contribution in [1.29, 1.82) is 0 Å². The van der Waals surface area contributed by atoms with Gasteiger partial charge in [-0.25, -0.2) is 4.98 Å². The molecule has 0 radical (unpaired) electrons. The number of hydrogen-bond acceptors (Lipinski definition) is 14. The molecule has 3 atom stereocenters. The third kappa shape index (κ3) is 5.98. The lowest BCUT2D eigenvalue weighted by Gasteiger charge is -2.55. The summed E-state index contributed by atoms with van der Waals surface area (Å²) in [6.45, 7) is 5.76. The number of carboxylic acids is 1. The van der Waals surface area contributed by atoms with Gasteiger partial charge in [0, 0.05) is 28.8 Å². The van der Waals surface area contributed by atoms with E-state index in [9.17, 15) is 19.5 Å². The summed E-state index contributed by atoms with van der Waals surface area (Å²) in [6.07, 6.45) is 0. The Hall–Kier alpha value is -4.09. The zero-order chi connectivity index (χ0) is 31.8. The Kier molecular flexibility index (Phi) is 8.90. The van der Waals surface area contributed by atoms with Gasteiger partial charge in [0.25, 0.3) is 5.91 Å². The van der Waals surface area contributed by atoms with Gasteiger partial charge in [-0.3, -0.25) is 9.59 Å². The number of carboxylic acid groups (broad SMARTS) is 1. The highest BCUT2D eigenvalue weighted by atomic mass is 32.2. The molecule has 1 aromatic carbocycles. The van der Waals surface area contributed by atoms with E-state index in [1.54, 1.807) is 22.9 Å². The number of rotatable bonds is 10. The smallest absolute Gasteiger partial charge is 0.305 e. The maximum absolute atomic E-state index is 13.2. The quantitative estimate of drug-likeness (QED) is 0.0559. The van der Waals surface area contributed by atoms with Crippen molar-refractivity contribution in [2.24, 2.45) is 10.6 Å². The number of amides is 2. The van der Waals surface area contributed by atoms with Crippen LogP contribution in [0.15, 0.2) is 40.0 Å². The Morgan fingerprint density at radius 1 is 1.27 bits per heavy atom. The van der Waals surface area contributed by atoms with Gasteiger partial charge in [-0.1, -0.05) is 39.6 Å². The predicted octanol–water partition coefficient (Wildman–Crippen LogP) is -0.153. The first-order chi connectivity index (χ1) is 20.9. The van der Waals surface area contributed by atoms with Gasteiger partial charge < -0.3 is 42.2 Å². The Balaban J connectivity index is 1.32. The van der Waals surface area contributed by atoms with Crippen molar-refractivity contribution in [2.75, 3.05) is 41.9 Å². The normalized spacial score (nSPS) is 21.4. The SMILES string of the molecule is CCON=C(C(=O)NC1C(=O)N2CC(CSc3nc(N)cc(N)[n+]3-c3ccc(C)cc3C)(C(=O)[O-])CS[C@H]12)c1csc(N)n1. The summed E-state index contributed by atoms with van der Waals surface area (Å²) >= 11 is 3.56. The van der Waals surface area contributed by atoms with Crippen molar-refractivity contribution in [3.8, 4) is 5.69 Å². The molecule has 3 aromatic rings. The second-order valence-corrected chi connectivity index (χ2v) is 13.4. The molecule has 44 heavy (non-hydrogen) atoms. The largest absolute Gasteiger partial charge is 0.549 e. The van der Waals surface area contributed by atoms with Crippen molar-refractivity contribution in [1.82, 2.24) is 20.2 Å². The summed E-state index contributed by atoms with van der Waals surface area (Å²) < 4.78 is 1.73. The molecule has 2 saturated heterocycles. The van der Waals surface area contributed by atoms with E-state index in [2.05, 4.69) is 20.4 Å². The number of aliphatic carboxylic acids is 1. The number of nitrogens with one attached hydrogen (secondary N) is 1. The van der Waals surface area contributed by atoms with Crippen LogP contribution in [0, 0.1) is 19.3 Å². The second kappa shape index (κ2) is 12.5. The number of oxime groups is 1. The van der Waals surface area contributed by atoms with Crippen LogP contribution in [0.1, 0.15) is 23.7 Å². The van der Waals surface area contributed by atoms with Crippen LogP contribution in [0.2, 0.25) is 0 Å². The zero-order valence-corrected chi connectivity index (χ0v) is 26.6. The van der Waals surface area contributed by atoms with Crippen LogP contribution in [0.25, 0.3) is 5.69 Å². The van der Waals surface area contributed by atoms with Gasteiger partial charge in [-0.2, -0.15) is 4.57 Å². The summed E-state index contributed by atoms with van der Waals surface area (Å²) in [5, 5.41) is 20.9. The number of thioether (sulfide) groups is 2. The molecule has 0 aliphatic carbocycles. The van der Waals surface area contributed by atoms with E-state index in [4.69, 9.17) is 22.0 Å². The minimum atomic E-state index is -1.41. The number of carbonyl (C=O) groups is 3. The van der Waals surface area contributed by atoms with E-state index in [0.717, 1.165) is 28.2 Å². The molecule has 2 unspecified atom stereocenters. The summed E-state index contributed by atoms with van der Waals surface area (Å²) in [6, 6.07) is 6.53. The first-order valence-electron chi connectivity index (χ1n) is 13.5. The van der Waals surface area contributed by atoms with E-state index >= 15 is 0 Å². The Morgan fingerprint density at radius 2 is 2.05 bits per heavy atom. The first kappa shape index (κ1) is 31.3. The number of anilines is 3. The minimum Gasteiger partial charge on any atom is -0.549 e. The maximum Gasteiger partial charge on any atom is 0.305 e. The number of thiazole rings is 1. The number of nitrogens with two attached hydrogens (primary N) is 3. The lowest BCUT2D eigenvalue weighted by atomic mass is 9.89. The van der Waals surface area contributed by atoms with Gasteiger partial charge in [-0.05, 0) is 32.4 Å². The molecule has 14 nitrogen and oxygen atoms in total. The van der Waals surface area contributed by atoms with Crippen molar-refractivity contribution in [2.45, 2.75) is 37.3 Å². The first-order valence-corrected chi connectivity index (χ1v) is 16.4. The van der Waals surface area contributed by atoms with E-state index in [1.807, 2.05) is 32.0 Å². The minimum absolute atomic E-state index is 0.0348. The average molecular weight is 658 g/mol. The molecular formula is C27H31N9O5S3. The lowest BCUT2D eigenvalue weighted by Crippen LogP contribution is -2.75. The molecule has 232 valence electrons. The number of benzene rings is 1. The number of carbonyl (C=O) groups excluding carboxylic acids is 3. The maximum atomic E-state index is 13.2. The molecule has 17 heteroatoms. The molecule has 2 amide bonds. The molecule has 0 bridgehead atoms. The van der Waals surface area contributed by atoms with E-state index in [1.165, 1.54) is 28.4 Å². The van der Waals surface area contributed by atoms with Gasteiger partial charge in [0.2, 0.25) is 17.5 Å². The molecule has 4 heterocycles. The number of fused-ring (bicyclic) bond motifs is 1. The highest BCUT2D eigenvalue weighted by Crippen LogP contribution is 2.44. The third-order valence-corrected chi connectivity index (χ3v) is 10.7. The standard InChI is InChI=1S/C27H31N9O5S3/c1-4-41-34-19(15-9-42-25(30)31-15)21(37)33-20-22(38)35-10-27(24(39)40,11-43-23(20)35)12-44-26-32-17(28)8-18(29)36(26)16-6-5-13(2)7-14(16)3/h5-9,20,23H,4,10-12H2,1-3H3,(H7,28,29,30,31,33,37,39,40)/t20?,23-,27?/m1/s1. The fourth-order valence-corrected chi connectivity index (χ4v) is 8.39. The van der Waals surface area contributed by atoms with E-state index in [0.29, 0.717) is 11.0 Å². The van der Waals surface area contributed by atoms with Crippen molar-refractivity contribution in [3.05, 3.63) is 46.5 Å². The predicted molar refractivity (Wildman–Crippen MR) is 167 cm³/mol. The zero-order valence-electron chi connectivity index (χ0n) is 24.1. The van der Waals surface area contributed by atoms with Crippen molar-refractivity contribution < 1.29 is 28.9 Å². The Labute approximate surface area is 265 Å². The Morgan fingerprint density at radius 3 is 2.70 bits per heavy atom. The van der Waals surface area contributed by atoms with Crippen LogP contribution >= 0.6 is 34.9 Å².